The van der Waals surface area contributed by atoms with Crippen LogP contribution in [0.5, 0.6) is 0 Å². The molecular weight excluding hydrogens is 205 g/mol. The second kappa shape index (κ2) is 5.10. The van der Waals surface area contributed by atoms with E-state index in [1.165, 1.54) is 12.1 Å². The van der Waals surface area contributed by atoms with E-state index in [4.69, 9.17) is 0 Å². The molecule has 2 nitrogen and oxygen atoms in total. The molecule has 0 fully saturated rings. The summed E-state index contributed by atoms with van der Waals surface area (Å²) in [6.45, 7) is 6.41. The van der Waals surface area contributed by atoms with Crippen molar-refractivity contribution >= 4 is 5.91 Å². The number of benzene rings is 1. The van der Waals surface area contributed by atoms with Crippen LogP contribution in [0, 0.1) is 11.2 Å². The summed E-state index contributed by atoms with van der Waals surface area (Å²) < 4.78 is 12.9. The fourth-order valence-corrected chi connectivity index (χ4v) is 1.39. The summed E-state index contributed by atoms with van der Waals surface area (Å²) in [6.07, 6.45) is 0.475. The van der Waals surface area contributed by atoms with Crippen molar-refractivity contribution in [2.75, 3.05) is 0 Å². The van der Waals surface area contributed by atoms with Crippen LogP contribution in [0.15, 0.2) is 24.3 Å². The number of carbonyl (C=O) groups excluding carboxylic acids is 1. The van der Waals surface area contributed by atoms with Crippen molar-refractivity contribution < 1.29 is 9.18 Å². The number of hydrogen-bond donors (Lipinski definition) is 1. The van der Waals surface area contributed by atoms with Crippen molar-refractivity contribution in [3.8, 4) is 0 Å². The van der Waals surface area contributed by atoms with Crippen LogP contribution in [0.3, 0.4) is 0 Å². The summed E-state index contributed by atoms with van der Waals surface area (Å²) in [4.78, 5) is 11.5. The van der Waals surface area contributed by atoms with Crippen LogP contribution in [-0.2, 0) is 11.3 Å². The SMILES string of the molecule is CC(C)(C)CC(=O)NCc1cccc(F)c1. The first kappa shape index (κ1) is 12.7. The molecule has 0 radical (unpaired) electrons. The van der Waals surface area contributed by atoms with Crippen LogP contribution < -0.4 is 5.32 Å². The Morgan fingerprint density at radius 1 is 1.38 bits per heavy atom. The Balaban J connectivity index is 2.43. The van der Waals surface area contributed by atoms with Crippen molar-refractivity contribution in [1.82, 2.24) is 5.32 Å². The number of carbonyl (C=O) groups is 1. The predicted molar refractivity (Wildman–Crippen MR) is 62.3 cm³/mol. The molecule has 0 aliphatic carbocycles. The lowest BCUT2D eigenvalue weighted by Crippen LogP contribution is -2.27. The van der Waals surface area contributed by atoms with E-state index in [0.29, 0.717) is 13.0 Å². The Kier molecular flexibility index (Phi) is 4.05. The standard InChI is InChI=1S/C13H18FNO/c1-13(2,3)8-12(16)15-9-10-5-4-6-11(14)7-10/h4-7H,8-9H2,1-3H3,(H,15,16). The van der Waals surface area contributed by atoms with Crippen molar-refractivity contribution in [2.45, 2.75) is 33.7 Å². The number of halogens is 1. The molecule has 1 aromatic rings. The zero-order chi connectivity index (χ0) is 12.2. The quantitative estimate of drug-likeness (QED) is 0.838. The maximum atomic E-state index is 12.9. The van der Waals surface area contributed by atoms with Crippen molar-refractivity contribution in [3.63, 3.8) is 0 Å². The molecule has 0 spiro atoms. The van der Waals surface area contributed by atoms with E-state index < -0.39 is 0 Å². The van der Waals surface area contributed by atoms with Crippen molar-refractivity contribution in [2.24, 2.45) is 5.41 Å². The summed E-state index contributed by atoms with van der Waals surface area (Å²) in [7, 11) is 0. The van der Waals surface area contributed by atoms with Gasteiger partial charge in [0, 0.05) is 13.0 Å². The normalized spacial score (nSPS) is 11.2. The first-order chi connectivity index (χ1) is 7.37. The van der Waals surface area contributed by atoms with E-state index >= 15 is 0 Å². The summed E-state index contributed by atoms with van der Waals surface area (Å²) in [5.41, 5.74) is 0.758. The highest BCUT2D eigenvalue weighted by atomic mass is 19.1. The topological polar surface area (TPSA) is 29.1 Å². The second-order valence-corrected chi connectivity index (χ2v) is 5.14. The molecule has 1 rings (SSSR count). The van der Waals surface area contributed by atoms with Crippen LogP contribution in [0.4, 0.5) is 4.39 Å². The van der Waals surface area contributed by atoms with Gasteiger partial charge in [-0.25, -0.2) is 4.39 Å². The van der Waals surface area contributed by atoms with E-state index in [0.717, 1.165) is 5.56 Å². The van der Waals surface area contributed by atoms with Gasteiger partial charge < -0.3 is 5.32 Å². The monoisotopic (exact) mass is 223 g/mol. The lowest BCUT2D eigenvalue weighted by atomic mass is 9.92. The summed E-state index contributed by atoms with van der Waals surface area (Å²) in [5, 5.41) is 2.78. The molecule has 0 heterocycles. The van der Waals surface area contributed by atoms with Gasteiger partial charge in [-0.1, -0.05) is 32.9 Å². The third-order valence-corrected chi connectivity index (χ3v) is 2.07. The van der Waals surface area contributed by atoms with E-state index in [9.17, 15) is 9.18 Å². The third-order valence-electron chi connectivity index (χ3n) is 2.07. The Morgan fingerprint density at radius 2 is 2.06 bits per heavy atom. The second-order valence-electron chi connectivity index (χ2n) is 5.14. The molecule has 0 unspecified atom stereocenters. The predicted octanol–water partition coefficient (Wildman–Crippen LogP) is 2.88. The first-order valence-corrected chi connectivity index (χ1v) is 5.38. The number of nitrogens with one attached hydrogen (secondary N) is 1. The molecule has 0 aromatic heterocycles. The molecule has 16 heavy (non-hydrogen) atoms. The van der Waals surface area contributed by atoms with E-state index in [1.54, 1.807) is 12.1 Å². The molecule has 0 saturated carbocycles. The van der Waals surface area contributed by atoms with E-state index in [-0.39, 0.29) is 17.1 Å². The molecule has 3 heteroatoms. The number of rotatable bonds is 3. The molecule has 0 bridgehead atoms. The van der Waals surface area contributed by atoms with Crippen LogP contribution >= 0.6 is 0 Å². The summed E-state index contributed by atoms with van der Waals surface area (Å²) in [5.74, 6) is -0.278. The summed E-state index contributed by atoms with van der Waals surface area (Å²) in [6, 6.07) is 6.25. The maximum absolute atomic E-state index is 12.9. The van der Waals surface area contributed by atoms with Gasteiger partial charge in [0.1, 0.15) is 5.82 Å². The van der Waals surface area contributed by atoms with Gasteiger partial charge in [-0.2, -0.15) is 0 Å². The highest BCUT2D eigenvalue weighted by Gasteiger charge is 2.15. The molecule has 0 atom stereocenters. The molecule has 1 aromatic carbocycles. The molecule has 0 aliphatic heterocycles. The van der Waals surface area contributed by atoms with Gasteiger partial charge in [-0.15, -0.1) is 0 Å². The highest BCUT2D eigenvalue weighted by molar-refractivity contribution is 5.76. The Morgan fingerprint density at radius 3 is 2.62 bits per heavy atom. The van der Waals surface area contributed by atoms with Crippen LogP contribution in [-0.4, -0.2) is 5.91 Å². The van der Waals surface area contributed by atoms with Gasteiger partial charge in [0.15, 0.2) is 0 Å². The minimum atomic E-state index is -0.275. The zero-order valence-corrected chi connectivity index (χ0v) is 10.0. The maximum Gasteiger partial charge on any atom is 0.220 e. The average molecular weight is 223 g/mol. The first-order valence-electron chi connectivity index (χ1n) is 5.38. The molecule has 1 N–H and O–H groups in total. The van der Waals surface area contributed by atoms with E-state index in [1.807, 2.05) is 20.8 Å². The Bertz CT molecular complexity index is 368. The number of amides is 1. The molecule has 88 valence electrons. The fraction of sp³-hybridized carbons (Fsp3) is 0.462. The minimum Gasteiger partial charge on any atom is -0.352 e. The van der Waals surface area contributed by atoms with Gasteiger partial charge in [0.2, 0.25) is 5.91 Å². The smallest absolute Gasteiger partial charge is 0.220 e. The van der Waals surface area contributed by atoms with Gasteiger partial charge in [0.05, 0.1) is 0 Å². The zero-order valence-electron chi connectivity index (χ0n) is 10.0. The molecular formula is C13H18FNO. The van der Waals surface area contributed by atoms with E-state index in [2.05, 4.69) is 5.32 Å². The highest BCUT2D eigenvalue weighted by Crippen LogP contribution is 2.17. The Hall–Kier alpha value is -1.38. The lowest BCUT2D eigenvalue weighted by Gasteiger charge is -2.17. The number of hydrogen-bond acceptors (Lipinski definition) is 1. The van der Waals surface area contributed by atoms with Crippen LogP contribution in [0.25, 0.3) is 0 Å². The van der Waals surface area contributed by atoms with Gasteiger partial charge in [-0.05, 0) is 23.1 Å². The third kappa shape index (κ3) is 4.91. The fourth-order valence-electron chi connectivity index (χ4n) is 1.39. The van der Waals surface area contributed by atoms with Gasteiger partial charge in [-0.3, -0.25) is 4.79 Å². The van der Waals surface area contributed by atoms with Gasteiger partial charge in [0.25, 0.3) is 0 Å². The lowest BCUT2D eigenvalue weighted by molar-refractivity contribution is -0.122. The van der Waals surface area contributed by atoms with Crippen molar-refractivity contribution in [3.05, 3.63) is 35.6 Å². The van der Waals surface area contributed by atoms with Crippen LogP contribution in [0.2, 0.25) is 0 Å². The molecule has 0 aliphatic rings. The largest absolute Gasteiger partial charge is 0.352 e. The van der Waals surface area contributed by atoms with Crippen LogP contribution in [0.1, 0.15) is 32.8 Å². The average Bonchev–Trinajstić information content (AvgIpc) is 2.12. The molecule has 1 amide bonds. The van der Waals surface area contributed by atoms with Crippen molar-refractivity contribution in [1.29, 1.82) is 0 Å². The molecule has 0 saturated heterocycles. The summed E-state index contributed by atoms with van der Waals surface area (Å²) >= 11 is 0. The Labute approximate surface area is 95.9 Å². The minimum absolute atomic E-state index is 0.00300. The van der Waals surface area contributed by atoms with Gasteiger partial charge >= 0.3 is 0 Å².